The summed E-state index contributed by atoms with van der Waals surface area (Å²) in [6.45, 7) is 1.61. The second-order valence-electron chi connectivity index (χ2n) is 4.09. The fourth-order valence-corrected chi connectivity index (χ4v) is 1.93. The lowest BCUT2D eigenvalue weighted by atomic mass is 10.1. The molecule has 19 heavy (non-hydrogen) atoms. The van der Waals surface area contributed by atoms with Gasteiger partial charge in [0.25, 0.3) is 0 Å². The van der Waals surface area contributed by atoms with Gasteiger partial charge in [-0.15, -0.1) is 0 Å². The predicted octanol–water partition coefficient (Wildman–Crippen LogP) is 4.37. The lowest BCUT2D eigenvalue weighted by Gasteiger charge is -2.10. The van der Waals surface area contributed by atoms with Crippen molar-refractivity contribution in [2.75, 3.05) is 0 Å². The van der Waals surface area contributed by atoms with E-state index in [1.807, 2.05) is 24.3 Å². The second kappa shape index (κ2) is 5.97. The first-order chi connectivity index (χ1) is 9.08. The van der Waals surface area contributed by atoms with E-state index in [0.717, 1.165) is 10.0 Å². The lowest BCUT2D eigenvalue weighted by Crippen LogP contribution is -2.03. The number of hydrogen-bond acceptors (Lipinski definition) is 2. The van der Waals surface area contributed by atoms with Gasteiger partial charge in [-0.05, 0) is 36.8 Å². The Morgan fingerprint density at radius 3 is 2.53 bits per heavy atom. The number of ether oxygens (including phenoxy) is 1. The van der Waals surface area contributed by atoms with Crippen molar-refractivity contribution in [3.63, 3.8) is 0 Å². The van der Waals surface area contributed by atoms with Gasteiger partial charge < -0.3 is 4.74 Å². The van der Waals surface area contributed by atoms with Gasteiger partial charge in [-0.2, -0.15) is 0 Å². The topological polar surface area (TPSA) is 26.3 Å². The summed E-state index contributed by atoms with van der Waals surface area (Å²) < 4.78 is 20.1. The van der Waals surface area contributed by atoms with Crippen LogP contribution in [0, 0.1) is 5.82 Å². The van der Waals surface area contributed by atoms with Crippen molar-refractivity contribution in [1.82, 2.24) is 0 Å². The first-order valence-electron chi connectivity index (χ1n) is 5.74. The molecule has 98 valence electrons. The standard InChI is InChI=1S/C15H12BrFO2/c1-10(18)13-3-2-4-14(17)15(13)19-9-11-5-7-12(16)8-6-11/h2-8H,9H2,1H3. The number of benzene rings is 2. The van der Waals surface area contributed by atoms with Crippen molar-refractivity contribution in [3.8, 4) is 5.75 Å². The molecule has 0 heterocycles. The number of Topliss-reactive ketones (excluding diaryl/α,β-unsaturated/α-hetero) is 1. The monoisotopic (exact) mass is 322 g/mol. The molecule has 0 fully saturated rings. The maximum Gasteiger partial charge on any atom is 0.166 e. The highest BCUT2D eigenvalue weighted by Crippen LogP contribution is 2.24. The van der Waals surface area contributed by atoms with E-state index in [4.69, 9.17) is 4.74 Å². The summed E-state index contributed by atoms with van der Waals surface area (Å²) in [5.41, 5.74) is 1.16. The van der Waals surface area contributed by atoms with Gasteiger partial charge in [0.1, 0.15) is 6.61 Å². The van der Waals surface area contributed by atoms with Crippen molar-refractivity contribution >= 4 is 21.7 Å². The molecule has 0 amide bonds. The summed E-state index contributed by atoms with van der Waals surface area (Å²) in [7, 11) is 0. The molecule has 0 aliphatic rings. The average Bonchev–Trinajstić information content (AvgIpc) is 2.39. The molecular formula is C15H12BrFO2. The predicted molar refractivity (Wildman–Crippen MR) is 74.9 cm³/mol. The summed E-state index contributed by atoms with van der Waals surface area (Å²) in [5, 5.41) is 0. The molecule has 0 saturated carbocycles. The van der Waals surface area contributed by atoms with Crippen molar-refractivity contribution < 1.29 is 13.9 Å². The zero-order valence-electron chi connectivity index (χ0n) is 10.3. The molecule has 2 aromatic rings. The minimum Gasteiger partial charge on any atom is -0.485 e. The highest BCUT2D eigenvalue weighted by molar-refractivity contribution is 9.10. The molecule has 0 saturated heterocycles. The Morgan fingerprint density at radius 1 is 1.21 bits per heavy atom. The van der Waals surface area contributed by atoms with Crippen LogP contribution in [0.1, 0.15) is 22.8 Å². The van der Waals surface area contributed by atoms with Crippen LogP contribution in [0.15, 0.2) is 46.9 Å². The summed E-state index contributed by atoms with van der Waals surface area (Å²) >= 11 is 3.34. The van der Waals surface area contributed by atoms with Gasteiger partial charge in [-0.1, -0.05) is 34.1 Å². The zero-order valence-corrected chi connectivity index (χ0v) is 11.9. The van der Waals surface area contributed by atoms with Crippen LogP contribution in [-0.4, -0.2) is 5.78 Å². The molecular weight excluding hydrogens is 311 g/mol. The Morgan fingerprint density at radius 2 is 1.89 bits per heavy atom. The number of carbonyl (C=O) groups excluding carboxylic acids is 1. The van der Waals surface area contributed by atoms with Crippen LogP contribution in [0.4, 0.5) is 4.39 Å². The van der Waals surface area contributed by atoms with Crippen molar-refractivity contribution in [1.29, 1.82) is 0 Å². The number of carbonyl (C=O) groups is 1. The highest BCUT2D eigenvalue weighted by atomic mass is 79.9. The van der Waals surface area contributed by atoms with Gasteiger partial charge in [0.2, 0.25) is 0 Å². The Hall–Kier alpha value is -1.68. The molecule has 0 spiro atoms. The number of halogens is 2. The minimum atomic E-state index is -0.523. The first-order valence-corrected chi connectivity index (χ1v) is 6.54. The van der Waals surface area contributed by atoms with Gasteiger partial charge >= 0.3 is 0 Å². The third kappa shape index (κ3) is 3.41. The molecule has 0 bridgehead atoms. The maximum atomic E-state index is 13.7. The lowest BCUT2D eigenvalue weighted by molar-refractivity contribution is 0.101. The molecule has 4 heteroatoms. The molecule has 2 rings (SSSR count). The molecule has 0 aliphatic heterocycles. The van der Waals surface area contributed by atoms with E-state index >= 15 is 0 Å². The Labute approximate surface area is 119 Å². The second-order valence-corrected chi connectivity index (χ2v) is 5.00. The SMILES string of the molecule is CC(=O)c1cccc(F)c1OCc1ccc(Br)cc1. The van der Waals surface area contributed by atoms with Gasteiger partial charge in [-0.3, -0.25) is 4.79 Å². The number of para-hydroxylation sites is 1. The van der Waals surface area contributed by atoms with Gasteiger partial charge in [-0.25, -0.2) is 4.39 Å². The molecule has 2 nitrogen and oxygen atoms in total. The number of rotatable bonds is 4. The van der Waals surface area contributed by atoms with Crippen LogP contribution in [0.3, 0.4) is 0 Å². The van der Waals surface area contributed by atoms with Crippen LogP contribution in [0.25, 0.3) is 0 Å². The van der Waals surface area contributed by atoms with E-state index in [0.29, 0.717) is 0 Å². The smallest absolute Gasteiger partial charge is 0.166 e. The number of hydrogen-bond donors (Lipinski definition) is 0. The number of ketones is 1. The summed E-state index contributed by atoms with van der Waals surface area (Å²) in [4.78, 5) is 11.4. The molecule has 0 N–H and O–H groups in total. The average molecular weight is 323 g/mol. The molecule has 2 aromatic carbocycles. The molecule has 0 atom stereocenters. The van der Waals surface area contributed by atoms with Gasteiger partial charge in [0.05, 0.1) is 5.56 Å². The molecule has 0 radical (unpaired) electrons. The Kier molecular flexibility index (Phi) is 4.32. The Balaban J connectivity index is 2.19. The third-order valence-electron chi connectivity index (χ3n) is 2.64. The van der Waals surface area contributed by atoms with Crippen LogP contribution in [0.5, 0.6) is 5.75 Å². The fourth-order valence-electron chi connectivity index (χ4n) is 1.67. The highest BCUT2D eigenvalue weighted by Gasteiger charge is 2.13. The van der Waals surface area contributed by atoms with Crippen LogP contribution < -0.4 is 4.74 Å². The third-order valence-corrected chi connectivity index (χ3v) is 3.17. The quantitative estimate of drug-likeness (QED) is 0.781. The maximum absolute atomic E-state index is 13.7. The van der Waals surface area contributed by atoms with E-state index < -0.39 is 5.82 Å². The van der Waals surface area contributed by atoms with Crippen LogP contribution in [-0.2, 0) is 6.61 Å². The van der Waals surface area contributed by atoms with Crippen LogP contribution >= 0.6 is 15.9 Å². The first kappa shape index (κ1) is 13.7. The van der Waals surface area contributed by atoms with Crippen molar-refractivity contribution in [2.24, 2.45) is 0 Å². The summed E-state index contributed by atoms with van der Waals surface area (Å²) in [5.74, 6) is -0.729. The van der Waals surface area contributed by atoms with Gasteiger partial charge in [0, 0.05) is 4.47 Å². The molecule has 0 aliphatic carbocycles. The van der Waals surface area contributed by atoms with E-state index in [9.17, 15) is 9.18 Å². The molecule has 0 aromatic heterocycles. The largest absolute Gasteiger partial charge is 0.485 e. The summed E-state index contributed by atoms with van der Waals surface area (Å²) in [6, 6.07) is 11.8. The zero-order chi connectivity index (χ0) is 13.8. The molecule has 0 unspecified atom stereocenters. The Bertz CT molecular complexity index is 594. The normalized spacial score (nSPS) is 10.3. The van der Waals surface area contributed by atoms with Crippen molar-refractivity contribution in [2.45, 2.75) is 13.5 Å². The van der Waals surface area contributed by atoms with E-state index in [1.54, 1.807) is 6.07 Å². The fraction of sp³-hybridized carbons (Fsp3) is 0.133. The summed E-state index contributed by atoms with van der Waals surface area (Å²) in [6.07, 6.45) is 0. The van der Waals surface area contributed by atoms with Crippen LogP contribution in [0.2, 0.25) is 0 Å². The minimum absolute atomic E-state index is 0.0120. The van der Waals surface area contributed by atoms with Gasteiger partial charge in [0.15, 0.2) is 17.3 Å². The van der Waals surface area contributed by atoms with E-state index in [-0.39, 0.29) is 23.7 Å². The van der Waals surface area contributed by atoms with E-state index in [2.05, 4.69) is 15.9 Å². The van der Waals surface area contributed by atoms with E-state index in [1.165, 1.54) is 19.1 Å². The van der Waals surface area contributed by atoms with Crippen molar-refractivity contribution in [3.05, 3.63) is 63.9 Å².